The lowest BCUT2D eigenvalue weighted by Gasteiger charge is -2.21. The van der Waals surface area contributed by atoms with E-state index >= 15 is 0 Å². The van der Waals surface area contributed by atoms with E-state index in [9.17, 15) is 9.90 Å². The molecule has 37 heavy (non-hydrogen) atoms. The molecule has 4 aromatic rings. The number of aromatic nitrogens is 7. The molecule has 3 aromatic heterocycles. The van der Waals surface area contributed by atoms with E-state index in [1.807, 2.05) is 12.1 Å². The van der Waals surface area contributed by atoms with Crippen molar-refractivity contribution in [1.29, 1.82) is 0 Å². The van der Waals surface area contributed by atoms with Crippen molar-refractivity contribution in [1.82, 2.24) is 35.6 Å². The summed E-state index contributed by atoms with van der Waals surface area (Å²) in [5.41, 5.74) is 3.62. The molecule has 0 atom stereocenters. The fraction of sp³-hybridized carbons (Fsp3) is 0.375. The van der Waals surface area contributed by atoms with Crippen molar-refractivity contribution in [3.05, 3.63) is 46.0 Å². The van der Waals surface area contributed by atoms with Gasteiger partial charge in [0.25, 0.3) is 0 Å². The number of nitrogens with one attached hydrogen (secondary N) is 3. The monoisotopic (exact) mass is 518 g/mol. The summed E-state index contributed by atoms with van der Waals surface area (Å²) in [6.45, 7) is 3.21. The van der Waals surface area contributed by atoms with Crippen LogP contribution in [0.5, 0.6) is 0 Å². The summed E-state index contributed by atoms with van der Waals surface area (Å²) in [6, 6.07) is 8.50. The Balaban J connectivity index is 1.28. The van der Waals surface area contributed by atoms with Crippen molar-refractivity contribution < 1.29 is 9.90 Å². The minimum atomic E-state index is -0.988. The first kappa shape index (κ1) is 23.3. The molecule has 4 N–H and O–H groups in total. The molecule has 0 amide bonds. The van der Waals surface area contributed by atoms with Crippen molar-refractivity contribution in [2.75, 3.05) is 22.1 Å². The van der Waals surface area contributed by atoms with Crippen molar-refractivity contribution in [3.63, 3.8) is 0 Å². The number of aromatic amines is 1. The second-order valence-corrected chi connectivity index (χ2v) is 10.3. The Hall–Kier alpha value is -4.13. The number of nitrogens with zero attached hydrogens (tertiary/aromatic N) is 7. The van der Waals surface area contributed by atoms with Crippen LogP contribution in [0.25, 0.3) is 11.4 Å². The van der Waals surface area contributed by atoms with Gasteiger partial charge >= 0.3 is 5.97 Å². The van der Waals surface area contributed by atoms with Gasteiger partial charge in [-0.3, -0.25) is 5.32 Å². The number of thiazole rings is 1. The van der Waals surface area contributed by atoms with E-state index in [-0.39, 0.29) is 4.88 Å². The van der Waals surface area contributed by atoms with Crippen LogP contribution >= 0.6 is 11.3 Å². The summed E-state index contributed by atoms with van der Waals surface area (Å²) >= 11 is 1.09. The van der Waals surface area contributed by atoms with E-state index in [0.717, 1.165) is 65.5 Å². The summed E-state index contributed by atoms with van der Waals surface area (Å²) in [5.74, 6) is 1.71. The molecule has 0 unspecified atom stereocenters. The molecule has 0 bridgehead atoms. The number of benzene rings is 1. The van der Waals surface area contributed by atoms with Gasteiger partial charge in [0.05, 0.1) is 5.69 Å². The Labute approximate surface area is 216 Å². The van der Waals surface area contributed by atoms with Gasteiger partial charge < -0.3 is 15.3 Å². The second-order valence-electron chi connectivity index (χ2n) is 9.29. The van der Waals surface area contributed by atoms with Crippen LogP contribution in [-0.2, 0) is 13.0 Å². The van der Waals surface area contributed by atoms with E-state index in [1.165, 1.54) is 12.8 Å². The smallest absolute Gasteiger partial charge is 0.347 e. The molecule has 1 saturated carbocycles. The quantitative estimate of drug-likeness (QED) is 0.269. The number of rotatable bonds is 8. The van der Waals surface area contributed by atoms with E-state index < -0.39 is 5.97 Å². The first-order valence-corrected chi connectivity index (χ1v) is 13.1. The van der Waals surface area contributed by atoms with E-state index in [4.69, 9.17) is 9.97 Å². The second kappa shape index (κ2) is 9.73. The molecule has 1 fully saturated rings. The first-order valence-electron chi connectivity index (χ1n) is 12.3. The van der Waals surface area contributed by atoms with Gasteiger partial charge in [-0.25, -0.2) is 9.78 Å². The molecule has 13 heteroatoms. The van der Waals surface area contributed by atoms with Crippen LogP contribution in [-0.4, -0.2) is 59.2 Å². The number of aryl methyl sites for hydroxylation is 1. The summed E-state index contributed by atoms with van der Waals surface area (Å²) in [5, 5.41) is 30.9. The number of fused-ring (bicyclic) bond motifs is 1. The first-order chi connectivity index (χ1) is 18.0. The highest BCUT2D eigenvalue weighted by Gasteiger charge is 2.28. The lowest BCUT2D eigenvalue weighted by Crippen LogP contribution is -2.21. The Morgan fingerprint density at radius 3 is 2.70 bits per heavy atom. The summed E-state index contributed by atoms with van der Waals surface area (Å²) < 4.78 is 0. The van der Waals surface area contributed by atoms with Crippen LogP contribution in [0.1, 0.15) is 52.2 Å². The third kappa shape index (κ3) is 4.81. The molecular weight excluding hydrogens is 492 g/mol. The van der Waals surface area contributed by atoms with Gasteiger partial charge in [0.1, 0.15) is 16.5 Å². The van der Waals surface area contributed by atoms with Crippen LogP contribution in [0.4, 0.5) is 22.7 Å². The Morgan fingerprint density at radius 1 is 1.19 bits per heavy atom. The van der Waals surface area contributed by atoms with Crippen LogP contribution in [0.15, 0.2) is 24.3 Å². The number of hydrogen-bond acceptors (Lipinski definition) is 11. The zero-order valence-corrected chi connectivity index (χ0v) is 21.0. The molecule has 4 heterocycles. The highest BCUT2D eigenvalue weighted by atomic mass is 32.1. The van der Waals surface area contributed by atoms with Gasteiger partial charge in [0.2, 0.25) is 11.8 Å². The number of carboxylic acid groups (broad SMARTS) is 1. The highest BCUT2D eigenvalue weighted by molar-refractivity contribution is 7.17. The van der Waals surface area contributed by atoms with Crippen LogP contribution < -0.4 is 15.5 Å². The van der Waals surface area contributed by atoms with E-state index in [0.29, 0.717) is 35.2 Å². The average Bonchev–Trinajstić information content (AvgIpc) is 3.69. The molecule has 12 nitrogen and oxygen atoms in total. The molecule has 190 valence electrons. The number of H-pyrrole nitrogens is 1. The Morgan fingerprint density at radius 2 is 2.00 bits per heavy atom. The highest BCUT2D eigenvalue weighted by Crippen LogP contribution is 2.36. The maximum Gasteiger partial charge on any atom is 0.347 e. The SMILES string of the molecule is Cc1nc(Nc2nc(NC3CCCC3)c3c(n2)N(Cc2ccc(-c4nn[nH]n4)cc2)CC3)sc1C(=O)O. The van der Waals surface area contributed by atoms with E-state index in [2.05, 4.69) is 53.3 Å². The van der Waals surface area contributed by atoms with Crippen molar-refractivity contribution >= 4 is 40.0 Å². The van der Waals surface area contributed by atoms with Crippen molar-refractivity contribution in [3.8, 4) is 11.4 Å². The van der Waals surface area contributed by atoms with Gasteiger partial charge in [0.15, 0.2) is 5.13 Å². The topological polar surface area (TPSA) is 158 Å². The largest absolute Gasteiger partial charge is 0.477 e. The molecule has 2 aliphatic rings. The Kier molecular flexibility index (Phi) is 6.12. The number of aromatic carboxylic acids is 1. The fourth-order valence-electron chi connectivity index (χ4n) is 4.92. The van der Waals surface area contributed by atoms with Crippen molar-refractivity contribution in [2.24, 2.45) is 0 Å². The van der Waals surface area contributed by atoms with E-state index in [1.54, 1.807) is 6.92 Å². The fourth-order valence-corrected chi connectivity index (χ4v) is 5.72. The zero-order valence-electron chi connectivity index (χ0n) is 20.2. The van der Waals surface area contributed by atoms with Gasteiger partial charge in [-0.1, -0.05) is 48.4 Å². The molecule has 6 rings (SSSR count). The minimum absolute atomic E-state index is 0.207. The number of tetrazole rings is 1. The number of carboxylic acids is 1. The average molecular weight is 519 g/mol. The minimum Gasteiger partial charge on any atom is -0.477 e. The van der Waals surface area contributed by atoms with Gasteiger partial charge in [-0.05, 0) is 37.0 Å². The Bertz CT molecular complexity index is 1410. The van der Waals surface area contributed by atoms with Crippen LogP contribution in [0.2, 0.25) is 0 Å². The molecule has 1 aliphatic heterocycles. The molecule has 1 aromatic carbocycles. The third-order valence-corrected chi connectivity index (χ3v) is 7.81. The molecule has 0 saturated heterocycles. The zero-order chi connectivity index (χ0) is 25.4. The van der Waals surface area contributed by atoms with Gasteiger partial charge in [-0.15, -0.1) is 10.2 Å². The number of anilines is 4. The van der Waals surface area contributed by atoms with Crippen LogP contribution in [0, 0.1) is 6.92 Å². The molecule has 0 spiro atoms. The maximum absolute atomic E-state index is 11.5. The predicted molar refractivity (Wildman–Crippen MR) is 139 cm³/mol. The van der Waals surface area contributed by atoms with Crippen molar-refractivity contribution in [2.45, 2.75) is 51.6 Å². The lowest BCUT2D eigenvalue weighted by molar-refractivity contribution is 0.0701. The summed E-state index contributed by atoms with van der Waals surface area (Å²) in [7, 11) is 0. The number of hydrogen-bond donors (Lipinski definition) is 4. The summed E-state index contributed by atoms with van der Waals surface area (Å²) in [6.07, 6.45) is 5.55. The number of carbonyl (C=O) groups is 1. The maximum atomic E-state index is 11.5. The normalized spacial score (nSPS) is 15.2. The predicted octanol–water partition coefficient (Wildman–Crippen LogP) is 3.78. The van der Waals surface area contributed by atoms with Crippen LogP contribution in [0.3, 0.4) is 0 Å². The standard InChI is InChI=1S/C24H26N10O2S/c1-13-18(22(35)36)37-24(25-13)29-23-27-20(26-16-4-2-3-5-16)17-10-11-34(21(17)28-23)12-14-6-8-15(9-7-14)19-30-32-33-31-19/h6-9,16H,2-5,10-12H2,1H3,(H,35,36)(H,30,31,32,33)(H2,25,26,27,28,29). The summed E-state index contributed by atoms with van der Waals surface area (Å²) in [4.78, 5) is 28.0. The van der Waals surface area contributed by atoms with Gasteiger partial charge in [0, 0.05) is 30.3 Å². The van der Waals surface area contributed by atoms with Gasteiger partial charge in [-0.2, -0.15) is 15.2 Å². The lowest BCUT2D eigenvalue weighted by atomic mass is 10.1. The molecule has 0 radical (unpaired) electrons. The molecular formula is C24H26N10O2S. The third-order valence-electron chi connectivity index (χ3n) is 6.75. The molecule has 1 aliphatic carbocycles.